The smallest absolute Gasteiger partial charge is 0.338 e. The zero-order chi connectivity index (χ0) is 24.7. The van der Waals surface area contributed by atoms with Crippen LogP contribution in [0.3, 0.4) is 0 Å². The van der Waals surface area contributed by atoms with Crippen molar-refractivity contribution in [2.45, 2.75) is 33.4 Å². The third-order valence-corrected chi connectivity index (χ3v) is 7.49. The molecule has 0 fully saturated rings. The van der Waals surface area contributed by atoms with Crippen molar-refractivity contribution in [1.29, 1.82) is 0 Å². The van der Waals surface area contributed by atoms with Crippen LogP contribution in [0.15, 0.2) is 75.8 Å². The number of aryl methyl sites for hydroxylation is 1. The van der Waals surface area contributed by atoms with Crippen LogP contribution in [-0.2, 0) is 16.1 Å². The molecule has 0 spiro atoms. The van der Waals surface area contributed by atoms with Gasteiger partial charge >= 0.3 is 5.97 Å². The summed E-state index contributed by atoms with van der Waals surface area (Å²) in [5.41, 5.74) is 3.35. The van der Waals surface area contributed by atoms with Gasteiger partial charge in [0.1, 0.15) is 6.04 Å². The Morgan fingerprint density at radius 2 is 1.91 bits per heavy atom. The summed E-state index contributed by atoms with van der Waals surface area (Å²) < 4.78 is 9.61. The molecule has 1 aliphatic rings. The second kappa shape index (κ2) is 9.32. The maximum Gasteiger partial charge on any atom is 0.338 e. The molecule has 0 amide bonds. The van der Waals surface area contributed by atoms with Crippen LogP contribution in [-0.4, -0.2) is 21.7 Å². The molecule has 4 aromatic rings. The van der Waals surface area contributed by atoms with Gasteiger partial charge in [0.2, 0.25) is 0 Å². The highest BCUT2D eigenvalue weighted by molar-refractivity contribution is 7.07. The minimum Gasteiger partial charge on any atom is -0.463 e. The fourth-order valence-electron chi connectivity index (χ4n) is 4.58. The lowest BCUT2D eigenvalue weighted by molar-refractivity contribution is -0.139. The molecule has 0 saturated carbocycles. The zero-order valence-corrected chi connectivity index (χ0v) is 21.2. The number of allylic oxidation sites excluding steroid dienone is 1. The Labute approximate surface area is 211 Å². The van der Waals surface area contributed by atoms with E-state index < -0.39 is 12.0 Å². The van der Waals surface area contributed by atoms with Gasteiger partial charge in [0.05, 0.1) is 22.4 Å². The lowest BCUT2D eigenvalue weighted by atomic mass is 9.96. The number of carbonyl (C=O) groups excluding carboxylic acids is 1. The van der Waals surface area contributed by atoms with E-state index in [9.17, 15) is 9.59 Å². The van der Waals surface area contributed by atoms with Gasteiger partial charge in [0.15, 0.2) is 4.80 Å². The summed E-state index contributed by atoms with van der Waals surface area (Å²) in [6.07, 6.45) is 3.97. The van der Waals surface area contributed by atoms with Crippen LogP contribution >= 0.6 is 22.9 Å². The first kappa shape index (κ1) is 23.3. The van der Waals surface area contributed by atoms with Crippen LogP contribution in [0.4, 0.5) is 0 Å². The molecule has 5 rings (SSSR count). The minimum atomic E-state index is -0.724. The summed E-state index contributed by atoms with van der Waals surface area (Å²) in [5, 5.41) is 1.54. The molecule has 1 atom stereocenters. The Morgan fingerprint density at radius 3 is 2.66 bits per heavy atom. The third kappa shape index (κ3) is 3.94. The minimum absolute atomic E-state index is 0.219. The zero-order valence-electron chi connectivity index (χ0n) is 19.6. The van der Waals surface area contributed by atoms with Gasteiger partial charge in [-0.1, -0.05) is 59.3 Å². The predicted octanol–water partition coefficient (Wildman–Crippen LogP) is 4.43. The van der Waals surface area contributed by atoms with Crippen molar-refractivity contribution >= 4 is 45.9 Å². The number of thiazole rings is 1. The highest BCUT2D eigenvalue weighted by Gasteiger charge is 2.34. The molecule has 0 radical (unpaired) electrons. The number of ether oxygens (including phenoxy) is 1. The lowest BCUT2D eigenvalue weighted by Crippen LogP contribution is -2.40. The van der Waals surface area contributed by atoms with E-state index in [1.807, 2.05) is 36.4 Å². The van der Waals surface area contributed by atoms with Gasteiger partial charge < -0.3 is 9.30 Å². The molecule has 0 bridgehead atoms. The van der Waals surface area contributed by atoms with Gasteiger partial charge in [-0.2, -0.15) is 0 Å². The van der Waals surface area contributed by atoms with E-state index in [1.54, 1.807) is 24.5 Å². The number of nitrogens with zero attached hydrogens (tertiary/aromatic N) is 3. The summed E-state index contributed by atoms with van der Waals surface area (Å²) in [4.78, 5) is 32.0. The van der Waals surface area contributed by atoms with Crippen molar-refractivity contribution in [3.63, 3.8) is 0 Å². The van der Waals surface area contributed by atoms with Crippen molar-refractivity contribution in [2.75, 3.05) is 6.61 Å². The van der Waals surface area contributed by atoms with E-state index in [0.717, 1.165) is 23.0 Å². The molecule has 2 aromatic carbocycles. The van der Waals surface area contributed by atoms with E-state index in [0.29, 0.717) is 31.2 Å². The molecule has 0 N–H and O–H groups in total. The van der Waals surface area contributed by atoms with Crippen molar-refractivity contribution in [1.82, 2.24) is 9.13 Å². The number of aromatic nitrogens is 2. The number of halogens is 1. The number of rotatable bonds is 5. The molecule has 0 aliphatic carbocycles. The Bertz CT molecular complexity index is 1680. The van der Waals surface area contributed by atoms with Crippen molar-refractivity contribution < 1.29 is 9.53 Å². The number of hydrogen-bond donors (Lipinski definition) is 0. The lowest BCUT2D eigenvalue weighted by Gasteiger charge is -2.25. The first-order valence-electron chi connectivity index (χ1n) is 11.5. The van der Waals surface area contributed by atoms with Crippen LogP contribution in [0.5, 0.6) is 0 Å². The maximum atomic E-state index is 13.8. The number of para-hydroxylation sites is 1. The van der Waals surface area contributed by atoms with E-state index >= 15 is 0 Å². The van der Waals surface area contributed by atoms with Gasteiger partial charge in [0.25, 0.3) is 5.56 Å². The van der Waals surface area contributed by atoms with E-state index in [-0.39, 0.29) is 12.2 Å². The average molecular weight is 506 g/mol. The van der Waals surface area contributed by atoms with Crippen LogP contribution in [0.25, 0.3) is 17.0 Å². The SMILES string of the molecule is CCOC(=O)C1=C(C)N=c2s/c(=C\c3cn(CC)c4ccccc34)c(=O)n2[C@H]1c1ccccc1Cl. The molecule has 3 heterocycles. The molecular weight excluding hydrogens is 482 g/mol. The largest absolute Gasteiger partial charge is 0.463 e. The number of benzene rings is 2. The quantitative estimate of drug-likeness (QED) is 0.377. The van der Waals surface area contributed by atoms with Crippen molar-refractivity contribution in [3.05, 3.63) is 102 Å². The molecule has 6 nitrogen and oxygen atoms in total. The fraction of sp³-hybridized carbons (Fsp3) is 0.222. The van der Waals surface area contributed by atoms with Gasteiger partial charge in [-0.25, -0.2) is 9.79 Å². The Hall–Kier alpha value is -3.42. The molecule has 8 heteroatoms. The third-order valence-electron chi connectivity index (χ3n) is 6.16. The molecule has 2 aromatic heterocycles. The normalized spacial score (nSPS) is 15.9. The molecule has 0 unspecified atom stereocenters. The van der Waals surface area contributed by atoms with E-state index in [1.165, 1.54) is 11.3 Å². The van der Waals surface area contributed by atoms with E-state index in [4.69, 9.17) is 16.3 Å². The second-order valence-corrected chi connectivity index (χ2v) is 9.63. The summed E-state index contributed by atoms with van der Waals surface area (Å²) in [5.74, 6) is -0.501. The topological polar surface area (TPSA) is 65.6 Å². The van der Waals surface area contributed by atoms with E-state index in [2.05, 4.69) is 34.8 Å². The highest BCUT2D eigenvalue weighted by Crippen LogP contribution is 2.34. The molecular formula is C27H24ClN3O3S. The number of esters is 1. The Balaban J connectivity index is 1.77. The molecule has 35 heavy (non-hydrogen) atoms. The molecule has 0 saturated heterocycles. The monoisotopic (exact) mass is 505 g/mol. The fourth-order valence-corrected chi connectivity index (χ4v) is 5.85. The van der Waals surface area contributed by atoms with Crippen molar-refractivity contribution in [2.24, 2.45) is 4.99 Å². The van der Waals surface area contributed by atoms with Crippen LogP contribution in [0.1, 0.15) is 37.9 Å². The standard InChI is InChI=1S/C27H24ClN3O3S/c1-4-30-15-17(18-10-7-9-13-21(18)30)14-22-25(32)31-24(19-11-6-8-12-20(19)28)23(26(33)34-5-2)16(3)29-27(31)35-22/h6-15,24H,4-5H2,1-3H3/b22-14-/t24-/m0/s1. The predicted molar refractivity (Wildman–Crippen MR) is 139 cm³/mol. The maximum absolute atomic E-state index is 13.8. The Morgan fingerprint density at radius 1 is 1.17 bits per heavy atom. The highest BCUT2D eigenvalue weighted by atomic mass is 35.5. The van der Waals surface area contributed by atoms with Crippen LogP contribution < -0.4 is 14.9 Å². The number of fused-ring (bicyclic) bond motifs is 2. The summed E-state index contributed by atoms with van der Waals surface area (Å²) >= 11 is 7.87. The second-order valence-electron chi connectivity index (χ2n) is 8.21. The number of carbonyl (C=O) groups is 1. The van der Waals surface area contributed by atoms with Crippen molar-refractivity contribution in [3.8, 4) is 0 Å². The Kier molecular flexibility index (Phi) is 6.21. The number of hydrogen-bond acceptors (Lipinski definition) is 5. The average Bonchev–Trinajstić information content (AvgIpc) is 3.36. The van der Waals surface area contributed by atoms with Gasteiger partial charge in [-0.3, -0.25) is 9.36 Å². The summed E-state index contributed by atoms with van der Waals surface area (Å²) in [6, 6.07) is 14.7. The van der Waals surface area contributed by atoms with Gasteiger partial charge in [-0.05, 0) is 44.5 Å². The van der Waals surface area contributed by atoms with Gasteiger partial charge in [0, 0.05) is 34.2 Å². The first-order valence-corrected chi connectivity index (χ1v) is 12.7. The molecule has 178 valence electrons. The van der Waals surface area contributed by atoms with Gasteiger partial charge in [-0.15, -0.1) is 0 Å². The summed E-state index contributed by atoms with van der Waals surface area (Å²) in [7, 11) is 0. The first-order chi connectivity index (χ1) is 16.9. The molecule has 1 aliphatic heterocycles. The van der Waals surface area contributed by atoms with Crippen LogP contribution in [0, 0.1) is 0 Å². The summed E-state index contributed by atoms with van der Waals surface area (Å²) in [6.45, 7) is 6.65. The van der Waals surface area contributed by atoms with Crippen LogP contribution in [0.2, 0.25) is 5.02 Å².